The van der Waals surface area contributed by atoms with Crippen LogP contribution in [0.4, 0.5) is 0 Å². The van der Waals surface area contributed by atoms with Crippen molar-refractivity contribution in [2.75, 3.05) is 39.8 Å². The largest absolute Gasteiger partial charge is 0.378 e. The molecule has 0 bridgehead atoms. The molecule has 3 rings (SSSR count). The molecule has 1 fully saturated rings. The Morgan fingerprint density at radius 2 is 2.00 bits per heavy atom. The minimum atomic E-state index is 0.404. The van der Waals surface area contributed by atoms with Crippen LogP contribution in [0.3, 0.4) is 0 Å². The van der Waals surface area contributed by atoms with E-state index in [0.717, 1.165) is 64.6 Å². The van der Waals surface area contributed by atoms with Gasteiger partial charge < -0.3 is 15.4 Å². The summed E-state index contributed by atoms with van der Waals surface area (Å²) in [5.41, 5.74) is 2.78. The second-order valence-corrected chi connectivity index (χ2v) is 8.80. The number of thiophene rings is 1. The van der Waals surface area contributed by atoms with Crippen LogP contribution in [-0.2, 0) is 11.3 Å². The van der Waals surface area contributed by atoms with Gasteiger partial charge in [-0.2, -0.15) is 11.3 Å². The van der Waals surface area contributed by atoms with E-state index >= 15 is 0 Å². The van der Waals surface area contributed by atoms with Crippen LogP contribution in [-0.4, -0.2) is 56.8 Å². The molecule has 30 heavy (non-hydrogen) atoms. The summed E-state index contributed by atoms with van der Waals surface area (Å²) < 4.78 is 6.12. The van der Waals surface area contributed by atoms with Gasteiger partial charge in [0, 0.05) is 46.4 Å². The molecule has 2 aromatic rings. The molecule has 164 valence electrons. The predicted molar refractivity (Wildman–Crippen MR) is 127 cm³/mol. The third kappa shape index (κ3) is 7.74. The van der Waals surface area contributed by atoms with Crippen molar-refractivity contribution in [3.05, 3.63) is 58.3 Å². The molecule has 2 heterocycles. The van der Waals surface area contributed by atoms with E-state index in [1.165, 1.54) is 11.1 Å². The van der Waals surface area contributed by atoms with Crippen LogP contribution in [0.5, 0.6) is 0 Å². The van der Waals surface area contributed by atoms with Gasteiger partial charge in [0.15, 0.2) is 5.96 Å². The fraction of sp³-hybridized carbons (Fsp3) is 0.542. The molecule has 6 heteroatoms. The van der Waals surface area contributed by atoms with E-state index in [2.05, 4.69) is 74.6 Å². The number of aliphatic imine (C=N–C) groups is 1. The molecular formula is C24H36N4OS. The molecule has 1 aliphatic rings. The van der Waals surface area contributed by atoms with Gasteiger partial charge in [0.25, 0.3) is 0 Å². The van der Waals surface area contributed by atoms with E-state index in [0.29, 0.717) is 12.0 Å². The Labute approximate surface area is 185 Å². The zero-order valence-corrected chi connectivity index (χ0v) is 19.2. The maximum Gasteiger partial charge on any atom is 0.190 e. The van der Waals surface area contributed by atoms with Gasteiger partial charge in [-0.15, -0.1) is 0 Å². The average Bonchev–Trinajstić information content (AvgIpc) is 3.32. The van der Waals surface area contributed by atoms with E-state index in [4.69, 9.17) is 4.74 Å². The first-order valence-electron chi connectivity index (χ1n) is 11.1. The van der Waals surface area contributed by atoms with Gasteiger partial charge >= 0.3 is 0 Å². The molecule has 5 nitrogen and oxygen atoms in total. The molecule has 1 aromatic carbocycles. The standard InChI is InChI=1S/C24H36N4OS/c1-20(22-11-16-30-19-22)17-27-24(25-2)26-12-6-15-29-23-9-13-28(14-10-23)18-21-7-4-3-5-8-21/h3-5,7-8,11,16,19-20,23H,6,9-10,12-15,17-18H2,1-2H3,(H2,25,26,27). The first kappa shape index (κ1) is 22.8. The minimum absolute atomic E-state index is 0.404. The number of ether oxygens (including phenoxy) is 1. The van der Waals surface area contributed by atoms with Gasteiger partial charge in [0.2, 0.25) is 0 Å². The minimum Gasteiger partial charge on any atom is -0.378 e. The van der Waals surface area contributed by atoms with E-state index in [9.17, 15) is 0 Å². The number of hydrogen-bond acceptors (Lipinski definition) is 4. The van der Waals surface area contributed by atoms with Crippen molar-refractivity contribution in [2.45, 2.75) is 44.8 Å². The maximum atomic E-state index is 6.12. The summed E-state index contributed by atoms with van der Waals surface area (Å²) in [7, 11) is 1.82. The van der Waals surface area contributed by atoms with E-state index in [-0.39, 0.29) is 0 Å². The van der Waals surface area contributed by atoms with Crippen LogP contribution < -0.4 is 10.6 Å². The van der Waals surface area contributed by atoms with Crippen LogP contribution in [0.15, 0.2) is 52.2 Å². The highest BCUT2D eigenvalue weighted by Gasteiger charge is 2.19. The molecule has 0 saturated carbocycles. The monoisotopic (exact) mass is 428 g/mol. The number of guanidine groups is 1. The summed E-state index contributed by atoms with van der Waals surface area (Å²) in [4.78, 5) is 6.85. The van der Waals surface area contributed by atoms with Gasteiger partial charge in [-0.05, 0) is 53.1 Å². The second-order valence-electron chi connectivity index (χ2n) is 8.02. The highest BCUT2D eigenvalue weighted by Crippen LogP contribution is 2.17. The molecule has 1 unspecified atom stereocenters. The van der Waals surface area contributed by atoms with Gasteiger partial charge in [-0.1, -0.05) is 37.3 Å². The van der Waals surface area contributed by atoms with E-state index in [1.807, 2.05) is 7.05 Å². The lowest BCUT2D eigenvalue weighted by Crippen LogP contribution is -2.40. The van der Waals surface area contributed by atoms with Gasteiger partial charge in [-0.3, -0.25) is 9.89 Å². The Morgan fingerprint density at radius 3 is 2.70 bits per heavy atom. The number of nitrogens with zero attached hydrogens (tertiary/aromatic N) is 2. The summed E-state index contributed by atoms with van der Waals surface area (Å²) >= 11 is 1.75. The molecule has 1 saturated heterocycles. The SMILES string of the molecule is CN=C(NCCCOC1CCN(Cc2ccccc2)CC1)NCC(C)c1ccsc1. The summed E-state index contributed by atoms with van der Waals surface area (Å²) in [6.07, 6.45) is 3.65. The van der Waals surface area contributed by atoms with E-state index in [1.54, 1.807) is 11.3 Å². The van der Waals surface area contributed by atoms with Gasteiger partial charge in [-0.25, -0.2) is 0 Å². The lowest BCUT2D eigenvalue weighted by atomic mass is 10.1. The molecule has 1 aromatic heterocycles. The highest BCUT2D eigenvalue weighted by molar-refractivity contribution is 7.07. The fourth-order valence-electron chi connectivity index (χ4n) is 3.75. The van der Waals surface area contributed by atoms with Crippen LogP contribution in [0.1, 0.15) is 43.2 Å². The van der Waals surface area contributed by atoms with Crippen molar-refractivity contribution in [2.24, 2.45) is 4.99 Å². The Morgan fingerprint density at radius 1 is 1.20 bits per heavy atom. The molecule has 2 N–H and O–H groups in total. The molecule has 1 aliphatic heterocycles. The Kier molecular flexibility index (Phi) is 9.67. The van der Waals surface area contributed by atoms with Crippen molar-refractivity contribution in [3.63, 3.8) is 0 Å². The van der Waals surface area contributed by atoms with Crippen molar-refractivity contribution in [3.8, 4) is 0 Å². The molecule has 0 aliphatic carbocycles. The zero-order chi connectivity index (χ0) is 21.0. The van der Waals surface area contributed by atoms with Crippen molar-refractivity contribution < 1.29 is 4.74 Å². The van der Waals surface area contributed by atoms with Gasteiger partial charge in [0.05, 0.1) is 6.10 Å². The van der Waals surface area contributed by atoms with Crippen molar-refractivity contribution in [1.29, 1.82) is 0 Å². The summed E-state index contributed by atoms with van der Waals surface area (Å²) in [5.74, 6) is 1.34. The number of benzene rings is 1. The molecule has 0 spiro atoms. The topological polar surface area (TPSA) is 48.9 Å². The number of likely N-dealkylation sites (tertiary alicyclic amines) is 1. The highest BCUT2D eigenvalue weighted by atomic mass is 32.1. The van der Waals surface area contributed by atoms with Crippen LogP contribution in [0, 0.1) is 0 Å². The van der Waals surface area contributed by atoms with Gasteiger partial charge in [0.1, 0.15) is 0 Å². The summed E-state index contributed by atoms with van der Waals surface area (Å²) in [5, 5.41) is 11.2. The Balaban J connectivity index is 1.23. The first-order valence-corrected chi connectivity index (χ1v) is 12.0. The molecule has 0 amide bonds. The quantitative estimate of drug-likeness (QED) is 0.340. The normalized spacial score (nSPS) is 17.1. The predicted octanol–water partition coefficient (Wildman–Crippen LogP) is 4.09. The number of piperidine rings is 1. The van der Waals surface area contributed by atoms with Crippen LogP contribution in [0.2, 0.25) is 0 Å². The van der Waals surface area contributed by atoms with Crippen LogP contribution in [0.25, 0.3) is 0 Å². The molecular weight excluding hydrogens is 392 g/mol. The number of hydrogen-bond donors (Lipinski definition) is 2. The zero-order valence-electron chi connectivity index (χ0n) is 18.3. The van der Waals surface area contributed by atoms with Crippen molar-refractivity contribution >= 4 is 17.3 Å². The number of nitrogens with one attached hydrogen (secondary N) is 2. The Hall–Kier alpha value is -1.89. The second kappa shape index (κ2) is 12.7. The fourth-order valence-corrected chi connectivity index (χ4v) is 4.53. The first-order chi connectivity index (χ1) is 14.7. The van der Waals surface area contributed by atoms with Crippen LogP contribution >= 0.6 is 11.3 Å². The number of rotatable bonds is 10. The molecule has 0 radical (unpaired) electrons. The lowest BCUT2D eigenvalue weighted by molar-refractivity contribution is 0.00534. The third-order valence-corrected chi connectivity index (χ3v) is 6.36. The third-order valence-electron chi connectivity index (χ3n) is 5.66. The summed E-state index contributed by atoms with van der Waals surface area (Å²) in [6.45, 7) is 8.09. The Bertz CT molecular complexity index is 727. The average molecular weight is 429 g/mol. The lowest BCUT2D eigenvalue weighted by Gasteiger charge is -2.32. The molecule has 1 atom stereocenters. The summed E-state index contributed by atoms with van der Waals surface area (Å²) in [6, 6.07) is 12.9. The van der Waals surface area contributed by atoms with E-state index < -0.39 is 0 Å². The maximum absolute atomic E-state index is 6.12. The smallest absolute Gasteiger partial charge is 0.190 e. The van der Waals surface area contributed by atoms with Crippen molar-refractivity contribution in [1.82, 2.24) is 15.5 Å².